The van der Waals surface area contributed by atoms with Gasteiger partial charge in [0.1, 0.15) is 0 Å². The Kier molecular flexibility index (Phi) is 2.72. The smallest absolute Gasteiger partial charge is 0.276 e. The van der Waals surface area contributed by atoms with Crippen LogP contribution in [0.1, 0.15) is 36.2 Å². The number of halogens is 1. The third-order valence-electron chi connectivity index (χ3n) is 3.41. The number of aryl methyl sites for hydroxylation is 2. The first-order valence-electron chi connectivity index (χ1n) is 5.97. The van der Waals surface area contributed by atoms with E-state index in [1.807, 2.05) is 6.92 Å². The zero-order valence-corrected chi connectivity index (χ0v) is 11.9. The molecule has 1 aliphatic carbocycles. The van der Waals surface area contributed by atoms with Gasteiger partial charge in [0.2, 0.25) is 0 Å². The Morgan fingerprint density at radius 3 is 2.88 bits per heavy atom. The predicted molar refractivity (Wildman–Crippen MR) is 74.5 cm³/mol. The van der Waals surface area contributed by atoms with Gasteiger partial charge in [0, 0.05) is 11.3 Å². The fourth-order valence-corrected chi connectivity index (χ4v) is 2.95. The van der Waals surface area contributed by atoms with Gasteiger partial charge in [0.15, 0.2) is 5.65 Å². The number of hydrogen-bond acceptors (Lipinski definition) is 2. The molecular formula is C12H14IN3O. The Morgan fingerprint density at radius 1 is 1.29 bits per heavy atom. The topological polar surface area (TPSA) is 50.2 Å². The van der Waals surface area contributed by atoms with Crippen molar-refractivity contribution in [3.63, 3.8) is 0 Å². The maximum atomic E-state index is 12.4. The Morgan fingerprint density at radius 2 is 2.06 bits per heavy atom. The van der Waals surface area contributed by atoms with Crippen molar-refractivity contribution >= 4 is 28.2 Å². The number of nitrogens with one attached hydrogen (secondary N) is 1. The first-order valence-corrected chi connectivity index (χ1v) is 7.05. The summed E-state index contributed by atoms with van der Waals surface area (Å²) in [6.07, 6.45) is 5.27. The molecule has 3 rings (SSSR count). The number of rotatable bonds is 0. The molecule has 2 aromatic heterocycles. The minimum absolute atomic E-state index is 0.0953. The van der Waals surface area contributed by atoms with E-state index < -0.39 is 0 Å². The average molecular weight is 343 g/mol. The lowest BCUT2D eigenvalue weighted by Gasteiger charge is -2.04. The van der Waals surface area contributed by atoms with Gasteiger partial charge in [-0.3, -0.25) is 9.89 Å². The first kappa shape index (κ1) is 11.3. The summed E-state index contributed by atoms with van der Waals surface area (Å²) < 4.78 is 2.65. The van der Waals surface area contributed by atoms with Crippen LogP contribution in [-0.2, 0) is 12.8 Å². The molecule has 0 atom stereocenters. The highest BCUT2D eigenvalue weighted by Gasteiger charge is 2.18. The van der Waals surface area contributed by atoms with E-state index in [0.717, 1.165) is 51.9 Å². The van der Waals surface area contributed by atoms with Gasteiger partial charge in [0.05, 0.1) is 9.26 Å². The average Bonchev–Trinajstić information content (AvgIpc) is 2.54. The fourth-order valence-electron chi connectivity index (χ4n) is 2.46. The highest BCUT2D eigenvalue weighted by atomic mass is 127. The summed E-state index contributed by atoms with van der Waals surface area (Å²) in [5.41, 5.74) is 3.82. The van der Waals surface area contributed by atoms with E-state index in [1.165, 1.54) is 6.42 Å². The second-order valence-electron chi connectivity index (χ2n) is 4.61. The van der Waals surface area contributed by atoms with Crippen LogP contribution in [0.15, 0.2) is 4.79 Å². The molecular weight excluding hydrogens is 329 g/mol. The lowest BCUT2D eigenvalue weighted by molar-refractivity contribution is 0.708. The number of nitrogens with zero attached hydrogens (tertiary/aromatic N) is 2. The molecule has 0 radical (unpaired) electrons. The van der Waals surface area contributed by atoms with Crippen molar-refractivity contribution in [3.8, 4) is 0 Å². The highest BCUT2D eigenvalue weighted by molar-refractivity contribution is 14.1. The van der Waals surface area contributed by atoms with E-state index >= 15 is 0 Å². The largest absolute Gasteiger partial charge is 0.293 e. The molecule has 0 saturated carbocycles. The SMILES string of the molecule is Cc1[nH]n2c(=O)c3c(nc2c1I)CCCCC3. The summed E-state index contributed by atoms with van der Waals surface area (Å²) in [4.78, 5) is 17.1. The van der Waals surface area contributed by atoms with E-state index in [2.05, 4.69) is 32.7 Å². The minimum atomic E-state index is 0.0953. The van der Waals surface area contributed by atoms with Gasteiger partial charge in [-0.25, -0.2) is 9.50 Å². The predicted octanol–water partition coefficient (Wildman–Crippen LogP) is 2.20. The molecule has 0 unspecified atom stereocenters. The Bertz CT molecular complexity index is 641. The molecule has 0 spiro atoms. The van der Waals surface area contributed by atoms with Crippen LogP contribution in [0.2, 0.25) is 0 Å². The van der Waals surface area contributed by atoms with Gasteiger partial charge in [-0.15, -0.1) is 0 Å². The quantitative estimate of drug-likeness (QED) is 0.589. The molecule has 0 saturated heterocycles. The van der Waals surface area contributed by atoms with E-state index in [4.69, 9.17) is 0 Å². The molecule has 0 aromatic carbocycles. The zero-order valence-electron chi connectivity index (χ0n) is 9.72. The van der Waals surface area contributed by atoms with Crippen LogP contribution >= 0.6 is 22.6 Å². The lowest BCUT2D eigenvalue weighted by atomic mass is 10.1. The minimum Gasteiger partial charge on any atom is -0.293 e. The van der Waals surface area contributed by atoms with Crippen molar-refractivity contribution in [1.29, 1.82) is 0 Å². The number of aromatic nitrogens is 3. The normalized spacial score (nSPS) is 15.9. The van der Waals surface area contributed by atoms with Crippen LogP contribution in [0.25, 0.3) is 5.65 Å². The first-order chi connectivity index (χ1) is 8.18. The van der Waals surface area contributed by atoms with Gasteiger partial charge < -0.3 is 0 Å². The standard InChI is InChI=1S/C12H14IN3O/c1-7-10(13)11-14-9-6-4-2-3-5-8(9)12(17)16(11)15-7/h15H,2-6H2,1H3. The number of aromatic amines is 1. The summed E-state index contributed by atoms with van der Waals surface area (Å²) >= 11 is 2.25. The Balaban J connectivity index is 2.37. The van der Waals surface area contributed by atoms with Crippen LogP contribution < -0.4 is 5.56 Å². The zero-order chi connectivity index (χ0) is 12.0. The maximum Gasteiger partial charge on any atom is 0.276 e. The van der Waals surface area contributed by atoms with E-state index in [1.54, 1.807) is 4.52 Å². The molecule has 1 aliphatic rings. The molecule has 5 heteroatoms. The molecule has 17 heavy (non-hydrogen) atoms. The van der Waals surface area contributed by atoms with Gasteiger partial charge in [-0.05, 0) is 55.2 Å². The molecule has 2 heterocycles. The summed E-state index contributed by atoms with van der Waals surface area (Å²) in [5.74, 6) is 0. The lowest BCUT2D eigenvalue weighted by Crippen LogP contribution is -2.22. The monoisotopic (exact) mass is 343 g/mol. The van der Waals surface area contributed by atoms with Crippen molar-refractivity contribution in [2.45, 2.75) is 39.0 Å². The van der Waals surface area contributed by atoms with Crippen LogP contribution in [-0.4, -0.2) is 14.6 Å². The van der Waals surface area contributed by atoms with Crippen molar-refractivity contribution in [2.75, 3.05) is 0 Å². The molecule has 90 valence electrons. The van der Waals surface area contributed by atoms with Crippen LogP contribution in [0.5, 0.6) is 0 Å². The summed E-state index contributed by atoms with van der Waals surface area (Å²) in [7, 11) is 0. The Hall–Kier alpha value is -0.850. The second kappa shape index (κ2) is 4.12. The number of hydrogen-bond donors (Lipinski definition) is 1. The van der Waals surface area contributed by atoms with Crippen LogP contribution in [0.3, 0.4) is 0 Å². The van der Waals surface area contributed by atoms with Crippen molar-refractivity contribution in [3.05, 3.63) is 30.9 Å². The fraction of sp³-hybridized carbons (Fsp3) is 0.500. The molecule has 0 fully saturated rings. The summed E-state index contributed by atoms with van der Waals surface area (Å²) in [5, 5.41) is 3.10. The van der Waals surface area contributed by atoms with E-state index in [9.17, 15) is 4.79 Å². The van der Waals surface area contributed by atoms with Crippen LogP contribution in [0.4, 0.5) is 0 Å². The summed E-state index contributed by atoms with van der Waals surface area (Å²) in [6, 6.07) is 0. The molecule has 0 amide bonds. The molecule has 2 aromatic rings. The number of H-pyrrole nitrogens is 1. The number of fused-ring (bicyclic) bond motifs is 2. The molecule has 0 aliphatic heterocycles. The third-order valence-corrected chi connectivity index (χ3v) is 4.70. The van der Waals surface area contributed by atoms with Gasteiger partial charge in [0.25, 0.3) is 5.56 Å². The van der Waals surface area contributed by atoms with E-state index in [0.29, 0.717) is 0 Å². The molecule has 4 nitrogen and oxygen atoms in total. The van der Waals surface area contributed by atoms with Gasteiger partial charge in [-0.2, -0.15) is 0 Å². The highest BCUT2D eigenvalue weighted by Crippen LogP contribution is 2.20. The van der Waals surface area contributed by atoms with Crippen molar-refractivity contribution in [1.82, 2.24) is 14.6 Å². The van der Waals surface area contributed by atoms with Gasteiger partial charge >= 0.3 is 0 Å². The van der Waals surface area contributed by atoms with Crippen molar-refractivity contribution in [2.24, 2.45) is 0 Å². The Labute approximate surface area is 113 Å². The van der Waals surface area contributed by atoms with Gasteiger partial charge in [-0.1, -0.05) is 6.42 Å². The van der Waals surface area contributed by atoms with Crippen molar-refractivity contribution < 1.29 is 0 Å². The third kappa shape index (κ3) is 1.71. The second-order valence-corrected chi connectivity index (χ2v) is 5.69. The summed E-state index contributed by atoms with van der Waals surface area (Å²) in [6.45, 7) is 1.97. The maximum absolute atomic E-state index is 12.4. The van der Waals surface area contributed by atoms with E-state index in [-0.39, 0.29) is 5.56 Å². The van der Waals surface area contributed by atoms with Crippen LogP contribution in [0, 0.1) is 10.5 Å². The molecule has 0 bridgehead atoms. The molecule has 1 N–H and O–H groups in total.